The van der Waals surface area contributed by atoms with E-state index in [4.69, 9.17) is 29.0 Å². The lowest BCUT2D eigenvalue weighted by molar-refractivity contribution is -0.193. The summed E-state index contributed by atoms with van der Waals surface area (Å²) in [6, 6.07) is 9.99. The molecule has 0 aromatic carbocycles. The van der Waals surface area contributed by atoms with Crippen LogP contribution in [0.2, 0.25) is 0 Å². The minimum absolute atomic E-state index is 0.0337. The fraction of sp³-hybridized carbons (Fsp3) is 0.478. The van der Waals surface area contributed by atoms with Crippen molar-refractivity contribution in [3.63, 3.8) is 0 Å². The summed E-state index contributed by atoms with van der Waals surface area (Å²) in [4.78, 5) is 36.8. The number of alkyl halides is 6. The lowest BCUT2D eigenvalue weighted by atomic mass is 9.98. The molecule has 1 amide bonds. The highest BCUT2D eigenvalue weighted by Crippen LogP contribution is 2.32. The summed E-state index contributed by atoms with van der Waals surface area (Å²) in [5.74, 6) is -4.57. The van der Waals surface area contributed by atoms with Gasteiger partial charge in [0.05, 0.1) is 31.2 Å². The van der Waals surface area contributed by atoms with Crippen molar-refractivity contribution >= 4 is 17.8 Å². The zero-order valence-corrected chi connectivity index (χ0v) is 20.1. The van der Waals surface area contributed by atoms with Gasteiger partial charge >= 0.3 is 24.3 Å². The number of fused-ring (bicyclic) bond motifs is 1. The van der Waals surface area contributed by atoms with Crippen molar-refractivity contribution in [1.82, 2.24) is 15.2 Å². The Morgan fingerprint density at radius 1 is 0.974 bits per heavy atom. The molecule has 10 nitrogen and oxygen atoms in total. The van der Waals surface area contributed by atoms with E-state index < -0.39 is 24.3 Å². The predicted molar refractivity (Wildman–Crippen MR) is 119 cm³/mol. The van der Waals surface area contributed by atoms with Crippen molar-refractivity contribution in [3.8, 4) is 0 Å². The fourth-order valence-corrected chi connectivity index (χ4v) is 3.80. The van der Waals surface area contributed by atoms with Gasteiger partial charge in [0.25, 0.3) is 0 Å². The lowest BCUT2D eigenvalue weighted by Crippen LogP contribution is -2.47. The Hall–Kier alpha value is -3.66. The number of halogens is 6. The van der Waals surface area contributed by atoms with Crippen molar-refractivity contribution in [1.29, 1.82) is 0 Å². The molecular weight excluding hydrogens is 544 g/mol. The van der Waals surface area contributed by atoms with Crippen molar-refractivity contribution < 1.29 is 60.1 Å². The molecule has 2 aliphatic rings. The molecule has 2 aromatic rings. The van der Waals surface area contributed by atoms with E-state index in [0.717, 1.165) is 43.8 Å². The van der Waals surface area contributed by atoms with Gasteiger partial charge in [0.15, 0.2) is 0 Å². The SMILES string of the molecule is O=C(NCc1ccccn1)[C@H]1CC[C@@H]2[C@@H](CCN2Cc2ccco2)O1.O=C(O)C(F)(F)F.O=C(O)C(F)(F)F. The molecule has 0 saturated carbocycles. The van der Waals surface area contributed by atoms with E-state index in [9.17, 15) is 31.1 Å². The number of amides is 1. The number of carboxylic acids is 2. The summed E-state index contributed by atoms with van der Waals surface area (Å²) in [6.07, 6.45) is -4.24. The number of pyridine rings is 1. The molecule has 3 N–H and O–H groups in total. The molecule has 2 aromatic heterocycles. The molecule has 2 saturated heterocycles. The van der Waals surface area contributed by atoms with Gasteiger partial charge < -0.3 is 24.7 Å². The van der Waals surface area contributed by atoms with E-state index >= 15 is 0 Å². The number of rotatable bonds is 5. The first-order valence-electron chi connectivity index (χ1n) is 11.4. The van der Waals surface area contributed by atoms with Crippen molar-refractivity contribution in [2.45, 2.75) is 63.0 Å². The maximum absolute atomic E-state index is 12.4. The van der Waals surface area contributed by atoms with Crippen LogP contribution in [0.25, 0.3) is 0 Å². The van der Waals surface area contributed by atoms with E-state index in [1.807, 2.05) is 30.3 Å². The average Bonchev–Trinajstić information content (AvgIpc) is 3.53. The largest absolute Gasteiger partial charge is 0.490 e. The number of likely N-dealkylation sites (tertiary alicyclic amines) is 1. The lowest BCUT2D eigenvalue weighted by Gasteiger charge is -2.35. The van der Waals surface area contributed by atoms with Crippen LogP contribution < -0.4 is 5.32 Å². The van der Waals surface area contributed by atoms with Crippen LogP contribution in [0.15, 0.2) is 47.2 Å². The van der Waals surface area contributed by atoms with Crippen LogP contribution in [-0.2, 0) is 32.2 Å². The third-order valence-corrected chi connectivity index (χ3v) is 5.55. The standard InChI is InChI=1S/C19H23N3O3.2C2HF3O2/c23-19(21-12-14-4-1-2-9-20-14)18-7-6-16-17(25-18)8-10-22(16)13-15-5-3-11-24-15;2*3-2(4,5)1(6)7/h1-5,9,11,16-18H,6-8,10,12-13H2,(H,21,23);2*(H,6,7)/t16-,17-,18-;;/m1../s1. The number of carboxylic acid groups (broad SMARTS) is 2. The molecule has 4 heterocycles. The van der Waals surface area contributed by atoms with Gasteiger partial charge in [-0.15, -0.1) is 0 Å². The molecule has 39 heavy (non-hydrogen) atoms. The summed E-state index contributed by atoms with van der Waals surface area (Å²) < 4.78 is 75.0. The number of aromatic nitrogens is 1. The molecule has 3 atom stereocenters. The van der Waals surface area contributed by atoms with Gasteiger partial charge in [0, 0.05) is 18.8 Å². The first-order valence-corrected chi connectivity index (χ1v) is 11.4. The number of carbonyl (C=O) groups excluding carboxylic acids is 1. The van der Waals surface area contributed by atoms with Crippen LogP contribution >= 0.6 is 0 Å². The Morgan fingerprint density at radius 2 is 1.62 bits per heavy atom. The fourth-order valence-electron chi connectivity index (χ4n) is 3.80. The van der Waals surface area contributed by atoms with Crippen LogP contribution in [0.1, 0.15) is 30.7 Å². The highest BCUT2D eigenvalue weighted by Gasteiger charge is 2.42. The van der Waals surface area contributed by atoms with E-state index in [0.29, 0.717) is 12.6 Å². The number of nitrogens with one attached hydrogen (secondary N) is 1. The maximum Gasteiger partial charge on any atom is 0.490 e. The molecule has 16 heteroatoms. The van der Waals surface area contributed by atoms with Gasteiger partial charge in [0.2, 0.25) is 5.91 Å². The summed E-state index contributed by atoms with van der Waals surface area (Å²) in [5.41, 5.74) is 0.857. The number of ether oxygens (including phenoxy) is 1. The number of furan rings is 1. The minimum Gasteiger partial charge on any atom is -0.475 e. The highest BCUT2D eigenvalue weighted by molar-refractivity contribution is 5.80. The second-order valence-corrected chi connectivity index (χ2v) is 8.29. The number of hydrogen-bond donors (Lipinski definition) is 3. The zero-order chi connectivity index (χ0) is 29.2. The monoisotopic (exact) mass is 569 g/mol. The van der Waals surface area contributed by atoms with Crippen molar-refractivity contribution in [2.24, 2.45) is 0 Å². The minimum atomic E-state index is -5.08. The summed E-state index contributed by atoms with van der Waals surface area (Å²) in [7, 11) is 0. The number of nitrogens with zero attached hydrogens (tertiary/aromatic N) is 2. The van der Waals surface area contributed by atoms with Gasteiger partial charge in [-0.3, -0.25) is 14.7 Å². The van der Waals surface area contributed by atoms with E-state index in [1.54, 1.807) is 12.5 Å². The molecule has 0 bridgehead atoms. The Kier molecular flexibility index (Phi) is 11.3. The van der Waals surface area contributed by atoms with Gasteiger partial charge in [-0.1, -0.05) is 6.07 Å². The molecule has 2 aliphatic heterocycles. The Balaban J connectivity index is 0.000000317. The Morgan fingerprint density at radius 3 is 2.13 bits per heavy atom. The molecule has 0 radical (unpaired) electrons. The molecule has 216 valence electrons. The molecule has 0 spiro atoms. The smallest absolute Gasteiger partial charge is 0.475 e. The molecule has 0 unspecified atom stereocenters. The Bertz CT molecular complexity index is 1040. The van der Waals surface area contributed by atoms with Gasteiger partial charge in [-0.25, -0.2) is 9.59 Å². The average molecular weight is 569 g/mol. The second-order valence-electron chi connectivity index (χ2n) is 8.29. The van der Waals surface area contributed by atoms with E-state index in [1.165, 1.54) is 0 Å². The third kappa shape index (κ3) is 10.6. The second kappa shape index (κ2) is 13.9. The zero-order valence-electron chi connectivity index (χ0n) is 20.1. The van der Waals surface area contributed by atoms with E-state index in [-0.39, 0.29) is 18.1 Å². The van der Waals surface area contributed by atoms with Gasteiger partial charge in [-0.2, -0.15) is 26.3 Å². The van der Waals surface area contributed by atoms with Crippen LogP contribution in [0.4, 0.5) is 26.3 Å². The van der Waals surface area contributed by atoms with E-state index in [2.05, 4.69) is 15.2 Å². The number of carbonyl (C=O) groups is 3. The quantitative estimate of drug-likeness (QED) is 0.462. The first kappa shape index (κ1) is 31.6. The first-order chi connectivity index (χ1) is 18.2. The summed E-state index contributed by atoms with van der Waals surface area (Å²) in [6.45, 7) is 2.24. The molecule has 4 rings (SSSR count). The predicted octanol–water partition coefficient (Wildman–Crippen LogP) is 3.38. The van der Waals surface area contributed by atoms with Gasteiger partial charge in [-0.05, 0) is 43.5 Å². The maximum atomic E-state index is 12.4. The summed E-state index contributed by atoms with van der Waals surface area (Å²) >= 11 is 0. The highest BCUT2D eigenvalue weighted by atomic mass is 19.4. The van der Waals surface area contributed by atoms with Crippen LogP contribution in [0.5, 0.6) is 0 Å². The molecular formula is C23H25F6N3O7. The number of aliphatic carboxylic acids is 2. The summed E-state index contributed by atoms with van der Waals surface area (Å²) in [5, 5.41) is 17.2. The Labute approximate surface area is 217 Å². The van der Waals surface area contributed by atoms with Crippen LogP contribution in [-0.4, -0.2) is 75.1 Å². The normalized spacial score (nSPS) is 20.9. The molecule has 0 aliphatic carbocycles. The van der Waals surface area contributed by atoms with Crippen molar-refractivity contribution in [2.75, 3.05) is 6.54 Å². The van der Waals surface area contributed by atoms with Crippen LogP contribution in [0.3, 0.4) is 0 Å². The van der Waals surface area contributed by atoms with Crippen LogP contribution in [0, 0.1) is 0 Å². The van der Waals surface area contributed by atoms with Gasteiger partial charge in [0.1, 0.15) is 11.9 Å². The third-order valence-electron chi connectivity index (χ3n) is 5.55. The number of hydrogen-bond acceptors (Lipinski definition) is 7. The topological polar surface area (TPSA) is 142 Å². The molecule has 2 fully saturated rings. The van der Waals surface area contributed by atoms with Crippen molar-refractivity contribution in [3.05, 3.63) is 54.2 Å².